The van der Waals surface area contributed by atoms with Gasteiger partial charge in [-0.05, 0) is 27.7 Å². The normalized spacial score (nSPS) is 18.1. The Morgan fingerprint density at radius 1 is 1.06 bits per heavy atom. The lowest BCUT2D eigenvalue weighted by atomic mass is 9.67. The fourth-order valence-corrected chi connectivity index (χ4v) is 4.91. The summed E-state index contributed by atoms with van der Waals surface area (Å²) in [7, 11) is 0. The molecule has 0 bridgehead atoms. The average Bonchev–Trinajstić information content (AvgIpc) is 3.08. The lowest BCUT2D eigenvalue weighted by molar-refractivity contribution is -0.155. The summed E-state index contributed by atoms with van der Waals surface area (Å²) in [5.74, 6) is -4.99. The van der Waals surface area contributed by atoms with E-state index >= 15 is 0 Å². The van der Waals surface area contributed by atoms with E-state index in [0.717, 1.165) is 22.3 Å². The van der Waals surface area contributed by atoms with Crippen molar-refractivity contribution in [3.63, 3.8) is 0 Å². The van der Waals surface area contributed by atoms with Gasteiger partial charge in [0.15, 0.2) is 0 Å². The Balaban J connectivity index is 1.36. The quantitative estimate of drug-likeness (QED) is 0.540. The zero-order valence-corrected chi connectivity index (χ0v) is 18.6. The van der Waals surface area contributed by atoms with Crippen molar-refractivity contribution in [3.8, 4) is 11.1 Å². The van der Waals surface area contributed by atoms with Gasteiger partial charge in [0.25, 0.3) is 0 Å². The Morgan fingerprint density at radius 3 is 2.15 bits per heavy atom. The predicted octanol–water partition coefficient (Wildman–Crippen LogP) is 3.92. The smallest absolute Gasteiger partial charge is 0.407 e. The lowest BCUT2D eigenvalue weighted by Crippen LogP contribution is -2.54. The fraction of sp³-hybridized carbons (Fsp3) is 0.400. The summed E-state index contributed by atoms with van der Waals surface area (Å²) in [6.07, 6.45) is -2.30. The van der Waals surface area contributed by atoms with Crippen molar-refractivity contribution in [2.24, 2.45) is 5.41 Å². The highest BCUT2D eigenvalue weighted by Crippen LogP contribution is 2.51. The van der Waals surface area contributed by atoms with Crippen LogP contribution < -0.4 is 10.6 Å². The van der Waals surface area contributed by atoms with Crippen molar-refractivity contribution in [2.75, 3.05) is 13.2 Å². The maximum Gasteiger partial charge on any atom is 0.407 e. The van der Waals surface area contributed by atoms with Gasteiger partial charge in [0, 0.05) is 25.3 Å². The number of hydrogen-bond donors (Lipinski definition) is 3. The van der Waals surface area contributed by atoms with Gasteiger partial charge in [-0.15, -0.1) is 0 Å². The summed E-state index contributed by atoms with van der Waals surface area (Å²) in [5.41, 5.74) is 3.39. The number of carboxylic acids is 1. The zero-order chi connectivity index (χ0) is 24.5. The third-order valence-electron chi connectivity index (χ3n) is 6.39. The minimum atomic E-state index is -2.75. The number of amides is 2. The molecule has 1 saturated carbocycles. The number of carbonyl (C=O) groups is 3. The van der Waals surface area contributed by atoms with Gasteiger partial charge in [-0.2, -0.15) is 0 Å². The highest BCUT2D eigenvalue weighted by atomic mass is 19.3. The average molecular weight is 472 g/mol. The molecule has 2 amide bonds. The number of alkyl halides is 2. The third kappa shape index (κ3) is 5.03. The first-order valence-electron chi connectivity index (χ1n) is 11.1. The molecule has 1 unspecified atom stereocenters. The Morgan fingerprint density at radius 2 is 1.62 bits per heavy atom. The van der Waals surface area contributed by atoms with Crippen LogP contribution in [0, 0.1) is 5.41 Å². The van der Waals surface area contributed by atoms with E-state index in [-0.39, 0.29) is 31.9 Å². The summed E-state index contributed by atoms with van der Waals surface area (Å²) < 4.78 is 31.8. The van der Waals surface area contributed by atoms with E-state index in [0.29, 0.717) is 0 Å². The molecule has 9 heteroatoms. The SMILES string of the molecule is CC1(CNC(=O)C(CC(=O)O)NC(=O)OCC2c3ccccc3-c3ccccc32)CC(F)(F)C1. The molecule has 1 atom stereocenters. The second kappa shape index (κ2) is 9.04. The van der Waals surface area contributed by atoms with Gasteiger partial charge >= 0.3 is 12.1 Å². The van der Waals surface area contributed by atoms with Crippen LogP contribution in [-0.2, 0) is 14.3 Å². The second-order valence-corrected chi connectivity index (χ2v) is 9.36. The second-order valence-electron chi connectivity index (χ2n) is 9.36. The third-order valence-corrected chi connectivity index (χ3v) is 6.39. The number of nitrogens with one attached hydrogen (secondary N) is 2. The van der Waals surface area contributed by atoms with Crippen LogP contribution in [0.1, 0.15) is 43.2 Å². The highest BCUT2D eigenvalue weighted by molar-refractivity contribution is 5.89. The number of halogens is 2. The molecule has 7 nitrogen and oxygen atoms in total. The van der Waals surface area contributed by atoms with E-state index in [1.54, 1.807) is 6.92 Å². The maximum absolute atomic E-state index is 13.2. The lowest BCUT2D eigenvalue weighted by Gasteiger charge is -2.45. The largest absolute Gasteiger partial charge is 0.481 e. The maximum atomic E-state index is 13.2. The molecule has 0 aliphatic heterocycles. The van der Waals surface area contributed by atoms with E-state index in [2.05, 4.69) is 10.6 Å². The van der Waals surface area contributed by atoms with E-state index in [1.165, 1.54) is 0 Å². The van der Waals surface area contributed by atoms with Crippen LogP contribution in [0.2, 0.25) is 0 Å². The molecular formula is C25H26F2N2O5. The fourth-order valence-electron chi connectivity index (χ4n) is 4.91. The van der Waals surface area contributed by atoms with Crippen molar-refractivity contribution in [2.45, 2.75) is 44.1 Å². The first kappa shape index (κ1) is 23.7. The molecule has 2 aromatic carbocycles. The molecule has 34 heavy (non-hydrogen) atoms. The molecule has 0 heterocycles. The Labute approximate surface area is 195 Å². The van der Waals surface area contributed by atoms with E-state index in [1.807, 2.05) is 48.5 Å². The summed E-state index contributed by atoms with van der Waals surface area (Å²) in [6, 6.07) is 14.2. The van der Waals surface area contributed by atoms with Gasteiger partial charge in [-0.1, -0.05) is 55.5 Å². The minimum Gasteiger partial charge on any atom is -0.481 e. The van der Waals surface area contributed by atoms with Crippen LogP contribution in [0.3, 0.4) is 0 Å². The number of rotatable bonds is 8. The van der Waals surface area contributed by atoms with Crippen LogP contribution in [-0.4, -0.2) is 48.2 Å². The molecule has 2 aromatic rings. The Hall–Kier alpha value is -3.49. The minimum absolute atomic E-state index is 0.00836. The summed E-state index contributed by atoms with van der Waals surface area (Å²) >= 11 is 0. The first-order chi connectivity index (χ1) is 16.1. The zero-order valence-electron chi connectivity index (χ0n) is 18.6. The molecule has 0 aromatic heterocycles. The van der Waals surface area contributed by atoms with Gasteiger partial charge in [-0.3, -0.25) is 9.59 Å². The van der Waals surface area contributed by atoms with Gasteiger partial charge in [0.2, 0.25) is 11.8 Å². The van der Waals surface area contributed by atoms with Crippen molar-refractivity contribution < 1.29 is 33.0 Å². The van der Waals surface area contributed by atoms with Crippen LogP contribution in [0.5, 0.6) is 0 Å². The van der Waals surface area contributed by atoms with Gasteiger partial charge < -0.3 is 20.5 Å². The molecule has 0 saturated heterocycles. The van der Waals surface area contributed by atoms with E-state index in [4.69, 9.17) is 9.84 Å². The summed E-state index contributed by atoms with van der Waals surface area (Å²) in [5, 5.41) is 13.9. The van der Waals surface area contributed by atoms with Crippen molar-refractivity contribution >= 4 is 18.0 Å². The Kier molecular flexibility index (Phi) is 6.29. The monoisotopic (exact) mass is 472 g/mol. The summed E-state index contributed by atoms with van der Waals surface area (Å²) in [4.78, 5) is 36.2. The number of ether oxygens (including phenoxy) is 1. The molecule has 0 spiro atoms. The van der Waals surface area contributed by atoms with Crippen LogP contribution in [0.4, 0.5) is 13.6 Å². The van der Waals surface area contributed by atoms with Gasteiger partial charge in [0.1, 0.15) is 12.6 Å². The first-order valence-corrected chi connectivity index (χ1v) is 11.1. The highest BCUT2D eigenvalue weighted by Gasteiger charge is 2.53. The van der Waals surface area contributed by atoms with Crippen LogP contribution >= 0.6 is 0 Å². The molecule has 4 rings (SSSR count). The molecule has 0 radical (unpaired) electrons. The number of carbonyl (C=O) groups excluding carboxylic acids is 2. The molecule has 3 N–H and O–H groups in total. The number of hydrogen-bond acceptors (Lipinski definition) is 4. The van der Waals surface area contributed by atoms with E-state index in [9.17, 15) is 23.2 Å². The van der Waals surface area contributed by atoms with Gasteiger partial charge in [0.05, 0.1) is 6.42 Å². The van der Waals surface area contributed by atoms with Crippen LogP contribution in [0.25, 0.3) is 11.1 Å². The molecule has 2 aliphatic rings. The van der Waals surface area contributed by atoms with E-state index < -0.39 is 41.8 Å². The molecule has 180 valence electrons. The predicted molar refractivity (Wildman–Crippen MR) is 120 cm³/mol. The number of fused-ring (bicyclic) bond motifs is 3. The van der Waals surface area contributed by atoms with Crippen molar-refractivity contribution in [1.82, 2.24) is 10.6 Å². The number of alkyl carbamates (subject to hydrolysis) is 1. The summed E-state index contributed by atoms with van der Waals surface area (Å²) in [6.45, 7) is 1.59. The number of carboxylic acid groups (broad SMARTS) is 1. The molecular weight excluding hydrogens is 446 g/mol. The number of benzene rings is 2. The molecule has 1 fully saturated rings. The Bertz CT molecular complexity index is 1070. The number of aliphatic carboxylic acids is 1. The van der Waals surface area contributed by atoms with Crippen molar-refractivity contribution in [1.29, 1.82) is 0 Å². The van der Waals surface area contributed by atoms with Gasteiger partial charge in [-0.25, -0.2) is 13.6 Å². The topological polar surface area (TPSA) is 105 Å². The van der Waals surface area contributed by atoms with Crippen molar-refractivity contribution in [3.05, 3.63) is 59.7 Å². The standard InChI is InChI=1S/C25H26F2N2O5/c1-24(12-25(26,27)13-24)14-28-22(32)20(10-21(30)31)29-23(33)34-11-19-17-8-4-2-6-15(17)16-7-3-5-9-18(16)19/h2-9,19-20H,10-14H2,1H3,(H,28,32)(H,29,33)(H,30,31). The molecule has 2 aliphatic carbocycles. The van der Waals surface area contributed by atoms with Crippen LogP contribution in [0.15, 0.2) is 48.5 Å².